The Kier molecular flexibility index (Phi) is 3.08. The van der Waals surface area contributed by atoms with Gasteiger partial charge in [-0.15, -0.1) is 0 Å². The molecule has 0 bridgehead atoms. The molecule has 2 heterocycles. The molecular weight excluding hydrogens is 292 g/mol. The molecule has 0 saturated carbocycles. The van der Waals surface area contributed by atoms with Crippen LogP contribution in [0, 0.1) is 0 Å². The third kappa shape index (κ3) is 2.34. The van der Waals surface area contributed by atoms with Crippen molar-refractivity contribution in [2.45, 2.75) is 12.8 Å². The van der Waals surface area contributed by atoms with Gasteiger partial charge in [-0.05, 0) is 24.5 Å². The van der Waals surface area contributed by atoms with Crippen LogP contribution in [0.25, 0.3) is 11.3 Å². The van der Waals surface area contributed by atoms with Gasteiger partial charge in [0.05, 0.1) is 17.5 Å². The van der Waals surface area contributed by atoms with E-state index in [1.165, 1.54) is 28.7 Å². The standard InChI is InChI=1S/C17H14N4O2/c22-15-8-7-13(9-18-15)17(23)20-21-16-12(10-19-21)6-5-11-3-1-2-4-14(11)16/h1-4,7-10H,5-6H2,(H,18,22)(H,20,23). The van der Waals surface area contributed by atoms with E-state index in [4.69, 9.17) is 0 Å². The van der Waals surface area contributed by atoms with Crippen LogP contribution in [0.5, 0.6) is 5.88 Å². The minimum atomic E-state index is -0.327. The molecule has 0 unspecified atom stereocenters. The van der Waals surface area contributed by atoms with Gasteiger partial charge >= 0.3 is 0 Å². The van der Waals surface area contributed by atoms with Crippen LogP contribution >= 0.6 is 0 Å². The number of aromatic hydroxyl groups is 1. The molecule has 1 amide bonds. The van der Waals surface area contributed by atoms with Gasteiger partial charge in [-0.1, -0.05) is 24.3 Å². The highest BCUT2D eigenvalue weighted by Gasteiger charge is 2.21. The Labute approximate surface area is 132 Å². The van der Waals surface area contributed by atoms with E-state index in [1.807, 2.05) is 18.2 Å². The molecule has 0 spiro atoms. The first-order valence-corrected chi connectivity index (χ1v) is 7.34. The molecule has 114 valence electrons. The first kappa shape index (κ1) is 13.5. The molecule has 6 nitrogen and oxygen atoms in total. The number of pyridine rings is 1. The molecular formula is C17H14N4O2. The summed E-state index contributed by atoms with van der Waals surface area (Å²) in [6, 6.07) is 11.0. The predicted molar refractivity (Wildman–Crippen MR) is 84.7 cm³/mol. The summed E-state index contributed by atoms with van der Waals surface area (Å²) in [6.07, 6.45) is 5.00. The van der Waals surface area contributed by atoms with E-state index in [2.05, 4.69) is 21.6 Å². The van der Waals surface area contributed by atoms with E-state index >= 15 is 0 Å². The maximum absolute atomic E-state index is 12.3. The third-order valence-corrected chi connectivity index (χ3v) is 4.00. The number of aromatic nitrogens is 3. The van der Waals surface area contributed by atoms with Crippen molar-refractivity contribution in [3.8, 4) is 17.1 Å². The highest BCUT2D eigenvalue weighted by molar-refractivity contribution is 6.00. The second-order valence-electron chi connectivity index (χ2n) is 5.43. The Morgan fingerprint density at radius 2 is 1.91 bits per heavy atom. The van der Waals surface area contributed by atoms with Gasteiger partial charge in [0.2, 0.25) is 5.88 Å². The second kappa shape index (κ2) is 5.24. The Bertz CT molecular complexity index is 884. The van der Waals surface area contributed by atoms with Crippen molar-refractivity contribution in [1.29, 1.82) is 0 Å². The Hall–Kier alpha value is -3.15. The number of carbonyl (C=O) groups excluding carboxylic acids is 1. The van der Waals surface area contributed by atoms with Gasteiger partial charge in [0.1, 0.15) is 0 Å². The van der Waals surface area contributed by atoms with E-state index in [9.17, 15) is 9.90 Å². The van der Waals surface area contributed by atoms with Gasteiger partial charge in [0.25, 0.3) is 5.91 Å². The van der Waals surface area contributed by atoms with Crippen LogP contribution in [0.2, 0.25) is 0 Å². The van der Waals surface area contributed by atoms with Crippen molar-refractivity contribution >= 4 is 5.91 Å². The summed E-state index contributed by atoms with van der Waals surface area (Å²) in [5, 5.41) is 13.5. The summed E-state index contributed by atoms with van der Waals surface area (Å²) in [5.41, 5.74) is 7.52. The fourth-order valence-corrected chi connectivity index (χ4v) is 2.86. The van der Waals surface area contributed by atoms with Crippen molar-refractivity contribution in [3.05, 3.63) is 65.5 Å². The molecule has 2 N–H and O–H groups in total. The summed E-state index contributed by atoms with van der Waals surface area (Å²) in [6.45, 7) is 0. The second-order valence-corrected chi connectivity index (χ2v) is 5.43. The number of aryl methyl sites for hydroxylation is 2. The van der Waals surface area contributed by atoms with Gasteiger partial charge < -0.3 is 5.11 Å². The molecule has 1 aliphatic rings. The lowest BCUT2D eigenvalue weighted by atomic mass is 9.90. The maximum atomic E-state index is 12.3. The average molecular weight is 306 g/mol. The molecule has 0 saturated heterocycles. The molecule has 1 aliphatic carbocycles. The number of fused-ring (bicyclic) bond motifs is 3. The predicted octanol–water partition coefficient (Wildman–Crippen LogP) is 2.13. The molecule has 1 aromatic carbocycles. The van der Waals surface area contributed by atoms with Crippen LogP contribution in [0.4, 0.5) is 0 Å². The van der Waals surface area contributed by atoms with Crippen molar-refractivity contribution in [2.75, 3.05) is 5.43 Å². The molecule has 0 fully saturated rings. The third-order valence-electron chi connectivity index (χ3n) is 4.00. The monoisotopic (exact) mass is 306 g/mol. The lowest BCUT2D eigenvalue weighted by molar-refractivity contribution is 0.100. The normalized spacial score (nSPS) is 12.3. The smallest absolute Gasteiger partial charge is 0.272 e. The largest absolute Gasteiger partial charge is 0.493 e. The number of benzene rings is 1. The summed E-state index contributed by atoms with van der Waals surface area (Å²) in [5.74, 6) is -0.446. The quantitative estimate of drug-likeness (QED) is 0.760. The van der Waals surface area contributed by atoms with Crippen LogP contribution in [-0.4, -0.2) is 25.9 Å². The Morgan fingerprint density at radius 3 is 2.74 bits per heavy atom. The lowest BCUT2D eigenvalue weighted by Gasteiger charge is -2.18. The number of rotatable bonds is 2. The molecule has 6 heteroatoms. The zero-order valence-corrected chi connectivity index (χ0v) is 12.2. The summed E-state index contributed by atoms with van der Waals surface area (Å²) in [4.78, 5) is 17.6. The van der Waals surface area contributed by atoms with Crippen molar-refractivity contribution < 1.29 is 9.90 Å². The van der Waals surface area contributed by atoms with Gasteiger partial charge in [0, 0.05) is 23.4 Å². The molecule has 3 aromatic rings. The lowest BCUT2D eigenvalue weighted by Crippen LogP contribution is -2.25. The molecule has 23 heavy (non-hydrogen) atoms. The number of amides is 1. The van der Waals surface area contributed by atoms with Crippen LogP contribution in [0.15, 0.2) is 48.8 Å². The first-order chi connectivity index (χ1) is 11.2. The summed E-state index contributed by atoms with van der Waals surface area (Å²) >= 11 is 0. The van der Waals surface area contributed by atoms with E-state index in [1.54, 1.807) is 6.20 Å². The number of nitrogens with one attached hydrogen (secondary N) is 1. The van der Waals surface area contributed by atoms with Gasteiger partial charge in [0.15, 0.2) is 0 Å². The van der Waals surface area contributed by atoms with Crippen molar-refractivity contribution in [1.82, 2.24) is 14.9 Å². The molecule has 0 aliphatic heterocycles. The molecule has 0 radical (unpaired) electrons. The summed E-state index contributed by atoms with van der Waals surface area (Å²) in [7, 11) is 0. The number of nitrogens with zero attached hydrogens (tertiary/aromatic N) is 3. The van der Waals surface area contributed by atoms with Gasteiger partial charge in [-0.3, -0.25) is 4.79 Å². The van der Waals surface area contributed by atoms with Gasteiger partial charge in [-0.2, -0.15) is 9.89 Å². The van der Waals surface area contributed by atoms with Crippen molar-refractivity contribution in [3.63, 3.8) is 0 Å². The Balaban J connectivity index is 1.69. The first-order valence-electron chi connectivity index (χ1n) is 7.34. The number of hydrogen-bond donors (Lipinski definition) is 2. The topological polar surface area (TPSA) is 80.0 Å². The highest BCUT2D eigenvalue weighted by atomic mass is 16.3. The summed E-state index contributed by atoms with van der Waals surface area (Å²) < 4.78 is 0. The van der Waals surface area contributed by atoms with Gasteiger partial charge in [-0.25, -0.2) is 10.4 Å². The van der Waals surface area contributed by atoms with Crippen LogP contribution in [-0.2, 0) is 12.8 Å². The zero-order chi connectivity index (χ0) is 15.8. The fraction of sp³-hybridized carbons (Fsp3) is 0.118. The number of carbonyl (C=O) groups is 1. The average Bonchev–Trinajstić information content (AvgIpc) is 2.99. The van der Waals surface area contributed by atoms with Crippen LogP contribution in [0.3, 0.4) is 0 Å². The van der Waals surface area contributed by atoms with E-state index in [0.29, 0.717) is 5.56 Å². The molecule has 0 atom stereocenters. The van der Waals surface area contributed by atoms with Crippen LogP contribution < -0.4 is 5.43 Å². The fourth-order valence-electron chi connectivity index (χ4n) is 2.86. The van der Waals surface area contributed by atoms with E-state index in [0.717, 1.165) is 29.7 Å². The molecule has 4 rings (SSSR count). The SMILES string of the molecule is O=C(Nn1ncc2c1-c1ccccc1CC2)c1ccc(O)nc1. The van der Waals surface area contributed by atoms with E-state index < -0.39 is 0 Å². The minimum Gasteiger partial charge on any atom is -0.493 e. The number of hydrogen-bond acceptors (Lipinski definition) is 4. The highest BCUT2D eigenvalue weighted by Crippen LogP contribution is 2.32. The Morgan fingerprint density at radius 1 is 1.09 bits per heavy atom. The minimum absolute atomic E-state index is 0.119. The maximum Gasteiger partial charge on any atom is 0.272 e. The van der Waals surface area contributed by atoms with E-state index in [-0.39, 0.29) is 11.8 Å². The van der Waals surface area contributed by atoms with Crippen LogP contribution in [0.1, 0.15) is 21.5 Å². The van der Waals surface area contributed by atoms with Crippen molar-refractivity contribution in [2.24, 2.45) is 0 Å². The zero-order valence-electron chi connectivity index (χ0n) is 12.2. The molecule has 2 aromatic heterocycles.